The van der Waals surface area contributed by atoms with E-state index in [1.54, 1.807) is 56.3 Å². The van der Waals surface area contributed by atoms with Gasteiger partial charge in [-0.05, 0) is 94.0 Å². The number of hydrogen-bond acceptors (Lipinski definition) is 6. The van der Waals surface area contributed by atoms with Gasteiger partial charge in [-0.2, -0.15) is 0 Å². The highest BCUT2D eigenvalue weighted by atomic mass is 32.2. The van der Waals surface area contributed by atoms with Crippen LogP contribution >= 0.6 is 0 Å². The number of aryl methyl sites for hydroxylation is 3. The second-order valence-electron chi connectivity index (χ2n) is 11.9. The number of anilines is 1. The number of rotatable bonds is 8. The molecule has 3 atom stereocenters. The molecule has 0 radical (unpaired) electrons. The van der Waals surface area contributed by atoms with Crippen LogP contribution in [-0.4, -0.2) is 55.2 Å². The summed E-state index contributed by atoms with van der Waals surface area (Å²) >= 11 is 0. The molecule has 224 valence electrons. The Morgan fingerprint density at radius 2 is 1.76 bits per heavy atom. The number of amides is 1. The molecule has 42 heavy (non-hydrogen) atoms. The van der Waals surface area contributed by atoms with Crippen LogP contribution in [0.4, 0.5) is 5.69 Å². The molecule has 2 aliphatic rings. The molecule has 3 aromatic carbocycles. The molecule has 2 aliphatic heterocycles. The topological polar surface area (TPSA) is 108 Å². The number of nitrogens with zero attached hydrogens (tertiary/aromatic N) is 1. The van der Waals surface area contributed by atoms with Gasteiger partial charge in [-0.3, -0.25) is 4.79 Å². The first-order valence-electron chi connectivity index (χ1n) is 14.6. The number of likely N-dealkylation sites (tertiary alicyclic amines) is 1. The molecule has 0 unspecified atom stereocenters. The van der Waals surface area contributed by atoms with Crippen molar-refractivity contribution in [3.05, 3.63) is 88.5 Å². The van der Waals surface area contributed by atoms with Crippen molar-refractivity contribution in [3.63, 3.8) is 0 Å². The van der Waals surface area contributed by atoms with E-state index >= 15 is 0 Å². The van der Waals surface area contributed by atoms with Crippen molar-refractivity contribution in [1.82, 2.24) is 9.62 Å². The standard InChI is InChI=1S/C33H41N3O5S/c1-6-23-12-15-26(16-13-23)42(39,40)35-30-27-19-24(14-17-28(27)41-33(4,5)31(30)37)32(38)36-18-8-11-25(36)20-34-29-21(2)9-7-10-22(29)3/h7,9-10,12-17,19,25,30-31,34-35,37H,6,8,11,18,20H2,1-5H3/t25-,30-,31+/m0/s1. The molecule has 0 spiro atoms. The lowest BCUT2D eigenvalue weighted by Crippen LogP contribution is -2.53. The summed E-state index contributed by atoms with van der Waals surface area (Å²) < 4.78 is 35.7. The highest BCUT2D eigenvalue weighted by Crippen LogP contribution is 2.41. The van der Waals surface area contributed by atoms with E-state index in [2.05, 4.69) is 36.0 Å². The minimum atomic E-state index is -3.98. The quantitative estimate of drug-likeness (QED) is 0.335. The number of aliphatic hydroxyl groups is 1. The molecule has 0 aromatic heterocycles. The average Bonchev–Trinajstić information content (AvgIpc) is 3.43. The summed E-state index contributed by atoms with van der Waals surface area (Å²) in [4.78, 5) is 15.8. The zero-order chi connectivity index (χ0) is 30.2. The molecule has 2 heterocycles. The van der Waals surface area contributed by atoms with Gasteiger partial charge >= 0.3 is 0 Å². The van der Waals surface area contributed by atoms with Crippen LogP contribution in [0.25, 0.3) is 0 Å². The normalized spacial score (nSPS) is 21.5. The Morgan fingerprint density at radius 1 is 1.07 bits per heavy atom. The Hall–Kier alpha value is -3.40. The smallest absolute Gasteiger partial charge is 0.254 e. The predicted molar refractivity (Wildman–Crippen MR) is 165 cm³/mol. The van der Waals surface area contributed by atoms with Gasteiger partial charge in [-0.25, -0.2) is 13.1 Å². The summed E-state index contributed by atoms with van der Waals surface area (Å²) in [6, 6.07) is 17.0. The van der Waals surface area contributed by atoms with Gasteiger partial charge in [0, 0.05) is 35.9 Å². The van der Waals surface area contributed by atoms with E-state index in [0.717, 1.165) is 41.6 Å². The number of para-hydroxylation sites is 1. The van der Waals surface area contributed by atoms with Crippen LogP contribution in [0.2, 0.25) is 0 Å². The molecule has 1 saturated heterocycles. The van der Waals surface area contributed by atoms with Gasteiger partial charge < -0.3 is 20.1 Å². The monoisotopic (exact) mass is 591 g/mol. The second-order valence-corrected chi connectivity index (χ2v) is 13.7. The first-order valence-corrected chi connectivity index (χ1v) is 16.1. The summed E-state index contributed by atoms with van der Waals surface area (Å²) in [5, 5.41) is 14.8. The van der Waals surface area contributed by atoms with Crippen molar-refractivity contribution in [2.75, 3.05) is 18.4 Å². The van der Waals surface area contributed by atoms with E-state index in [1.165, 1.54) is 0 Å². The minimum Gasteiger partial charge on any atom is -0.485 e. The number of carbonyl (C=O) groups is 1. The third-order valence-corrected chi connectivity index (χ3v) is 10.0. The summed E-state index contributed by atoms with van der Waals surface area (Å²) in [7, 11) is -3.98. The van der Waals surface area contributed by atoms with Crippen LogP contribution in [0.15, 0.2) is 65.6 Å². The molecule has 1 fully saturated rings. The molecule has 3 N–H and O–H groups in total. The summed E-state index contributed by atoms with van der Waals surface area (Å²) in [6.45, 7) is 10.9. The fourth-order valence-corrected chi connectivity index (χ4v) is 7.22. The average molecular weight is 592 g/mol. The van der Waals surface area contributed by atoms with E-state index in [1.807, 2.05) is 17.9 Å². The lowest BCUT2D eigenvalue weighted by molar-refractivity contribution is -0.0603. The van der Waals surface area contributed by atoms with Gasteiger partial charge in [0.05, 0.1) is 10.9 Å². The molecule has 9 heteroatoms. The fourth-order valence-electron chi connectivity index (χ4n) is 5.99. The minimum absolute atomic E-state index is 0.0219. The van der Waals surface area contributed by atoms with Gasteiger partial charge in [0.2, 0.25) is 10.0 Å². The maximum Gasteiger partial charge on any atom is 0.254 e. The molecule has 0 saturated carbocycles. The van der Waals surface area contributed by atoms with Gasteiger partial charge in [-0.15, -0.1) is 0 Å². The number of nitrogens with one attached hydrogen (secondary N) is 2. The number of ether oxygens (including phenoxy) is 1. The zero-order valence-electron chi connectivity index (χ0n) is 25.0. The zero-order valence-corrected chi connectivity index (χ0v) is 25.8. The van der Waals surface area contributed by atoms with Crippen LogP contribution in [0, 0.1) is 13.8 Å². The van der Waals surface area contributed by atoms with E-state index in [9.17, 15) is 18.3 Å². The molecule has 3 aromatic rings. The van der Waals surface area contributed by atoms with Gasteiger partial charge in [0.15, 0.2) is 0 Å². The van der Waals surface area contributed by atoms with Gasteiger partial charge in [0.1, 0.15) is 17.5 Å². The first-order chi connectivity index (χ1) is 19.9. The SMILES string of the molecule is CCc1ccc(S(=O)(=O)N[C@H]2c3cc(C(=O)N4CCC[C@H]4CNc4c(C)cccc4C)ccc3OC(C)(C)[C@@H]2O)cc1. The molecule has 0 aliphatic carbocycles. The molecule has 0 bridgehead atoms. The molecular weight excluding hydrogens is 550 g/mol. The van der Waals surface area contributed by atoms with Crippen molar-refractivity contribution in [2.24, 2.45) is 0 Å². The maximum absolute atomic E-state index is 13.8. The third-order valence-electron chi connectivity index (χ3n) is 8.55. The summed E-state index contributed by atoms with van der Waals surface area (Å²) in [5.41, 5.74) is 4.26. The van der Waals surface area contributed by atoms with Crippen LogP contribution in [-0.2, 0) is 16.4 Å². The van der Waals surface area contributed by atoms with E-state index in [-0.39, 0.29) is 16.8 Å². The van der Waals surface area contributed by atoms with E-state index < -0.39 is 27.8 Å². The van der Waals surface area contributed by atoms with Gasteiger partial charge in [-0.1, -0.05) is 37.3 Å². The molecular formula is C33H41N3O5S. The molecule has 8 nitrogen and oxygen atoms in total. The van der Waals surface area contributed by atoms with Crippen LogP contribution < -0.4 is 14.8 Å². The highest BCUT2D eigenvalue weighted by molar-refractivity contribution is 7.89. The van der Waals surface area contributed by atoms with E-state index in [4.69, 9.17) is 4.74 Å². The molecule has 5 rings (SSSR count). The Morgan fingerprint density at radius 3 is 2.43 bits per heavy atom. The number of aliphatic hydroxyl groups excluding tert-OH is 1. The van der Waals surface area contributed by atoms with Crippen molar-refractivity contribution < 1.29 is 23.1 Å². The molecule has 1 amide bonds. The fraction of sp³-hybridized carbons (Fsp3) is 0.424. The predicted octanol–water partition coefficient (Wildman–Crippen LogP) is 5.13. The Balaban J connectivity index is 1.41. The lowest BCUT2D eigenvalue weighted by Gasteiger charge is -2.42. The number of carbonyl (C=O) groups excluding carboxylic acids is 1. The second kappa shape index (κ2) is 11.7. The summed E-state index contributed by atoms with van der Waals surface area (Å²) in [5.74, 6) is 0.310. The van der Waals surface area contributed by atoms with Crippen LogP contribution in [0.1, 0.15) is 72.3 Å². The van der Waals surface area contributed by atoms with E-state index in [0.29, 0.717) is 30.0 Å². The van der Waals surface area contributed by atoms with Crippen molar-refractivity contribution in [2.45, 2.75) is 82.6 Å². The number of hydrogen-bond donors (Lipinski definition) is 3. The Bertz CT molecular complexity index is 1550. The van der Waals surface area contributed by atoms with Crippen LogP contribution in [0.3, 0.4) is 0 Å². The van der Waals surface area contributed by atoms with Gasteiger partial charge in [0.25, 0.3) is 5.91 Å². The van der Waals surface area contributed by atoms with Crippen molar-refractivity contribution >= 4 is 21.6 Å². The first kappa shape index (κ1) is 30.1. The number of sulfonamides is 1. The number of benzene rings is 3. The highest BCUT2D eigenvalue weighted by Gasteiger charge is 2.45. The van der Waals surface area contributed by atoms with Crippen molar-refractivity contribution in [3.8, 4) is 5.75 Å². The third kappa shape index (κ3) is 5.91. The largest absolute Gasteiger partial charge is 0.485 e. The van der Waals surface area contributed by atoms with Crippen LogP contribution in [0.5, 0.6) is 5.75 Å². The lowest BCUT2D eigenvalue weighted by atomic mass is 9.86. The Labute approximate surface area is 249 Å². The van der Waals surface area contributed by atoms with Crippen molar-refractivity contribution in [1.29, 1.82) is 0 Å². The summed E-state index contributed by atoms with van der Waals surface area (Å²) in [6.07, 6.45) is 1.40. The maximum atomic E-state index is 13.8. The Kier molecular flexibility index (Phi) is 8.38. The number of fused-ring (bicyclic) bond motifs is 1.